The van der Waals surface area contributed by atoms with Gasteiger partial charge >= 0.3 is 11.2 Å². The lowest BCUT2D eigenvalue weighted by Gasteiger charge is -2.32. The molecular formula is C15H15ClFN3O3S2. The van der Waals surface area contributed by atoms with Gasteiger partial charge in [-0.2, -0.15) is 0 Å². The predicted molar refractivity (Wildman–Crippen MR) is 96.9 cm³/mol. The van der Waals surface area contributed by atoms with Crippen molar-refractivity contribution in [1.29, 1.82) is 0 Å². The Morgan fingerprint density at radius 3 is 3.08 bits per heavy atom. The summed E-state index contributed by atoms with van der Waals surface area (Å²) in [6.45, 7) is 0.779. The van der Waals surface area contributed by atoms with Crippen LogP contribution in [0.4, 0.5) is 14.9 Å². The molecule has 0 aliphatic carbocycles. The SMILES string of the molecule is COC(=O)CSc1cc(N=C2CCCN3CSC(=O)N23)c(F)cc1Cl. The largest absolute Gasteiger partial charge is 0.468 e. The average Bonchev–Trinajstić information content (AvgIpc) is 2.98. The number of esters is 1. The lowest BCUT2D eigenvalue weighted by Crippen LogP contribution is -2.47. The quantitative estimate of drug-likeness (QED) is 0.561. The molecule has 2 fully saturated rings. The molecule has 3 rings (SSSR count). The summed E-state index contributed by atoms with van der Waals surface area (Å²) >= 11 is 8.40. The molecule has 1 amide bonds. The lowest BCUT2D eigenvalue weighted by atomic mass is 10.2. The number of hydrazine groups is 1. The summed E-state index contributed by atoms with van der Waals surface area (Å²) in [5.74, 6) is 0.192. The smallest absolute Gasteiger partial charge is 0.315 e. The third-order valence-corrected chi connectivity index (χ3v) is 5.98. The minimum atomic E-state index is -0.573. The van der Waals surface area contributed by atoms with Crippen LogP contribution >= 0.6 is 35.1 Å². The van der Waals surface area contributed by atoms with E-state index in [1.807, 2.05) is 5.01 Å². The molecule has 2 heterocycles. The summed E-state index contributed by atoms with van der Waals surface area (Å²) in [7, 11) is 1.30. The van der Waals surface area contributed by atoms with E-state index in [0.29, 0.717) is 23.0 Å². The number of ether oxygens (including phenoxy) is 1. The van der Waals surface area contributed by atoms with Crippen molar-refractivity contribution in [2.45, 2.75) is 17.7 Å². The van der Waals surface area contributed by atoms with E-state index in [2.05, 4.69) is 9.73 Å². The van der Waals surface area contributed by atoms with Crippen molar-refractivity contribution in [2.24, 2.45) is 4.99 Å². The molecule has 0 N–H and O–H groups in total. The molecule has 2 aliphatic heterocycles. The molecule has 0 radical (unpaired) electrons. The van der Waals surface area contributed by atoms with E-state index in [-0.39, 0.29) is 21.7 Å². The summed E-state index contributed by atoms with van der Waals surface area (Å²) < 4.78 is 18.9. The van der Waals surface area contributed by atoms with Gasteiger partial charge in [0.05, 0.1) is 23.8 Å². The normalized spacial score (nSPS) is 19.4. The number of methoxy groups -OCH3 is 1. The Morgan fingerprint density at radius 1 is 1.52 bits per heavy atom. The van der Waals surface area contributed by atoms with Crippen LogP contribution in [0.25, 0.3) is 0 Å². The number of halogens is 2. The number of fused-ring (bicyclic) bond motifs is 1. The number of hydrogen-bond donors (Lipinski definition) is 0. The Bertz CT molecular complexity index is 747. The van der Waals surface area contributed by atoms with Gasteiger partial charge in [0, 0.05) is 17.9 Å². The average molecular weight is 404 g/mol. The predicted octanol–water partition coefficient (Wildman–Crippen LogP) is 3.91. The highest BCUT2D eigenvalue weighted by Crippen LogP contribution is 2.35. The van der Waals surface area contributed by atoms with Crippen LogP contribution in [0.1, 0.15) is 12.8 Å². The molecule has 1 aromatic carbocycles. The van der Waals surface area contributed by atoms with E-state index < -0.39 is 11.8 Å². The van der Waals surface area contributed by atoms with Crippen LogP contribution in [0.3, 0.4) is 0 Å². The highest BCUT2D eigenvalue weighted by molar-refractivity contribution is 8.13. The minimum absolute atomic E-state index is 0.0624. The third-order valence-electron chi connectivity index (χ3n) is 3.68. The maximum atomic E-state index is 14.3. The van der Waals surface area contributed by atoms with Crippen molar-refractivity contribution in [3.63, 3.8) is 0 Å². The Kier molecular flexibility index (Phi) is 5.88. The molecule has 2 aliphatic rings. The molecule has 0 aromatic heterocycles. The van der Waals surface area contributed by atoms with E-state index in [1.165, 1.54) is 36.0 Å². The van der Waals surface area contributed by atoms with Crippen molar-refractivity contribution in [2.75, 3.05) is 25.3 Å². The summed E-state index contributed by atoms with van der Waals surface area (Å²) in [6, 6.07) is 2.66. The van der Waals surface area contributed by atoms with Gasteiger partial charge in [0.2, 0.25) is 0 Å². The first kappa shape index (κ1) is 18.5. The molecule has 1 aromatic rings. The molecular weight excluding hydrogens is 389 g/mol. The second kappa shape index (κ2) is 7.94. The zero-order valence-corrected chi connectivity index (χ0v) is 15.7. The number of amidine groups is 1. The fourth-order valence-electron chi connectivity index (χ4n) is 2.48. The van der Waals surface area contributed by atoms with Crippen molar-refractivity contribution in [1.82, 2.24) is 10.0 Å². The fraction of sp³-hybridized carbons (Fsp3) is 0.400. The Morgan fingerprint density at radius 2 is 2.32 bits per heavy atom. The zero-order valence-electron chi connectivity index (χ0n) is 13.3. The first-order chi connectivity index (χ1) is 12.0. The second-order valence-electron chi connectivity index (χ2n) is 5.31. The number of hydrogen-bond acceptors (Lipinski definition) is 7. The monoisotopic (exact) mass is 403 g/mol. The van der Waals surface area contributed by atoms with E-state index in [0.717, 1.165) is 24.7 Å². The number of nitrogens with zero attached hydrogens (tertiary/aromatic N) is 3. The first-order valence-corrected chi connectivity index (χ1v) is 9.82. The van der Waals surface area contributed by atoms with Gasteiger partial charge in [0.25, 0.3) is 0 Å². The van der Waals surface area contributed by atoms with Crippen LogP contribution in [0, 0.1) is 5.82 Å². The van der Waals surface area contributed by atoms with Gasteiger partial charge in [-0.3, -0.25) is 9.59 Å². The van der Waals surface area contributed by atoms with Crippen LogP contribution in [-0.2, 0) is 9.53 Å². The van der Waals surface area contributed by atoms with Gasteiger partial charge in [-0.15, -0.1) is 11.8 Å². The fourth-order valence-corrected chi connectivity index (χ4v) is 4.42. The van der Waals surface area contributed by atoms with E-state index >= 15 is 0 Å². The van der Waals surface area contributed by atoms with Crippen molar-refractivity contribution < 1.29 is 18.7 Å². The van der Waals surface area contributed by atoms with Crippen molar-refractivity contribution in [3.05, 3.63) is 23.0 Å². The summed E-state index contributed by atoms with van der Waals surface area (Å²) in [6.07, 6.45) is 1.44. The zero-order chi connectivity index (χ0) is 18.0. The molecule has 2 saturated heterocycles. The molecule has 0 saturated carbocycles. The van der Waals surface area contributed by atoms with Gasteiger partial charge in [0.15, 0.2) is 0 Å². The maximum absolute atomic E-state index is 14.3. The maximum Gasteiger partial charge on any atom is 0.315 e. The lowest BCUT2D eigenvalue weighted by molar-refractivity contribution is -0.137. The van der Waals surface area contributed by atoms with Crippen LogP contribution < -0.4 is 0 Å². The van der Waals surface area contributed by atoms with Crippen LogP contribution in [0.15, 0.2) is 22.0 Å². The van der Waals surface area contributed by atoms with Crippen LogP contribution in [-0.4, -0.2) is 52.3 Å². The molecule has 0 atom stereocenters. The number of carbonyl (C=O) groups is 2. The van der Waals surface area contributed by atoms with Gasteiger partial charge < -0.3 is 4.74 Å². The molecule has 0 spiro atoms. The number of thioether (sulfide) groups is 2. The third kappa shape index (κ3) is 4.11. The number of carbonyl (C=O) groups excluding carboxylic acids is 2. The number of benzene rings is 1. The number of amides is 1. The first-order valence-electron chi connectivity index (χ1n) is 7.47. The number of rotatable bonds is 4. The van der Waals surface area contributed by atoms with Gasteiger partial charge in [-0.05, 0) is 30.3 Å². The minimum Gasteiger partial charge on any atom is -0.468 e. The molecule has 0 bridgehead atoms. The summed E-state index contributed by atoms with van der Waals surface area (Å²) in [5, 5.41) is 3.51. The van der Waals surface area contributed by atoms with Crippen molar-refractivity contribution >= 4 is 57.9 Å². The highest BCUT2D eigenvalue weighted by atomic mass is 35.5. The standard InChI is InChI=1S/C15H15ClFN3O3S2/c1-23-14(21)7-24-12-6-11(10(17)5-9(12)16)18-13-3-2-4-19-8-25-15(22)20(13)19/h5-6H,2-4,7-8H2,1H3. The number of aliphatic imine (C=N–C) groups is 1. The summed E-state index contributed by atoms with van der Waals surface area (Å²) in [4.78, 5) is 28.2. The van der Waals surface area contributed by atoms with Crippen molar-refractivity contribution in [3.8, 4) is 0 Å². The molecule has 10 heteroatoms. The van der Waals surface area contributed by atoms with Crippen LogP contribution in [0.5, 0.6) is 0 Å². The van der Waals surface area contributed by atoms with E-state index in [9.17, 15) is 14.0 Å². The summed E-state index contributed by atoms with van der Waals surface area (Å²) in [5.41, 5.74) is 0.0957. The highest BCUT2D eigenvalue weighted by Gasteiger charge is 2.36. The van der Waals surface area contributed by atoms with Gasteiger partial charge in [-0.25, -0.2) is 19.4 Å². The van der Waals surface area contributed by atoms with Gasteiger partial charge in [-0.1, -0.05) is 11.6 Å². The van der Waals surface area contributed by atoms with E-state index in [1.54, 1.807) is 0 Å². The molecule has 134 valence electrons. The van der Waals surface area contributed by atoms with Gasteiger partial charge in [0.1, 0.15) is 17.3 Å². The Labute approximate surface area is 157 Å². The Hall–Kier alpha value is -1.29. The molecule has 6 nitrogen and oxygen atoms in total. The molecule has 0 unspecified atom stereocenters. The second-order valence-corrected chi connectivity index (χ2v) is 7.63. The molecule has 25 heavy (non-hydrogen) atoms. The van der Waals surface area contributed by atoms with E-state index in [4.69, 9.17) is 11.6 Å². The van der Waals surface area contributed by atoms with Crippen LogP contribution in [0.2, 0.25) is 5.02 Å². The topological polar surface area (TPSA) is 62.2 Å². The Balaban J connectivity index is 1.88.